The summed E-state index contributed by atoms with van der Waals surface area (Å²) in [4.78, 5) is 28.7. The van der Waals surface area contributed by atoms with Crippen LogP contribution in [0.4, 0.5) is 5.69 Å². The molecule has 0 bridgehead atoms. The van der Waals surface area contributed by atoms with Gasteiger partial charge in [0.2, 0.25) is 0 Å². The van der Waals surface area contributed by atoms with Crippen LogP contribution in [0, 0.1) is 5.92 Å². The number of carbonyl (C=O) groups is 2. The van der Waals surface area contributed by atoms with E-state index in [4.69, 9.17) is 9.47 Å². The van der Waals surface area contributed by atoms with Crippen molar-refractivity contribution in [3.05, 3.63) is 71.6 Å². The minimum absolute atomic E-state index is 0.0878. The highest BCUT2D eigenvalue weighted by Crippen LogP contribution is 2.29. The second kappa shape index (κ2) is 13.3. The first-order chi connectivity index (χ1) is 18.8. The Labute approximate surface area is 236 Å². The highest BCUT2D eigenvalue weighted by molar-refractivity contribution is 7.13. The Hall–Kier alpha value is -3.16. The normalized spacial score (nSPS) is 17.3. The zero-order valence-electron chi connectivity index (χ0n) is 23.5. The monoisotopic (exact) mass is 548 g/mol. The minimum atomic E-state index is -1.04. The van der Waals surface area contributed by atoms with E-state index in [9.17, 15) is 9.59 Å². The Kier molecular flexibility index (Phi) is 9.81. The van der Waals surface area contributed by atoms with Gasteiger partial charge in [0.05, 0.1) is 7.11 Å². The number of ether oxygens (including phenoxy) is 2. The molecule has 0 amide bonds. The van der Waals surface area contributed by atoms with Gasteiger partial charge in [-0.05, 0) is 81.3 Å². The van der Waals surface area contributed by atoms with Gasteiger partial charge in [-0.2, -0.15) is 0 Å². The highest BCUT2D eigenvalue weighted by Gasteiger charge is 2.31. The number of methoxy groups -OCH3 is 1. The predicted molar refractivity (Wildman–Crippen MR) is 158 cm³/mol. The summed E-state index contributed by atoms with van der Waals surface area (Å²) in [5.74, 6) is 0.280. The first-order valence-electron chi connectivity index (χ1n) is 13.7. The summed E-state index contributed by atoms with van der Waals surface area (Å²) in [5, 5.41) is 2.13. The van der Waals surface area contributed by atoms with Gasteiger partial charge < -0.3 is 19.2 Å². The number of hydrogen-bond acceptors (Lipinski definition) is 7. The zero-order chi connectivity index (χ0) is 27.8. The van der Waals surface area contributed by atoms with Crippen molar-refractivity contribution in [2.24, 2.45) is 5.92 Å². The molecule has 1 saturated heterocycles. The fourth-order valence-electron chi connectivity index (χ4n) is 4.83. The number of esters is 1. The molecule has 1 aliphatic carbocycles. The molecular weight excluding hydrogens is 508 g/mol. The van der Waals surface area contributed by atoms with Crippen LogP contribution < -0.4 is 9.64 Å². The molecule has 2 aromatic carbocycles. The molecule has 1 unspecified atom stereocenters. The molecule has 2 heterocycles. The summed E-state index contributed by atoms with van der Waals surface area (Å²) >= 11 is 1.80. The van der Waals surface area contributed by atoms with E-state index < -0.39 is 11.6 Å². The van der Waals surface area contributed by atoms with Crippen LogP contribution in [-0.2, 0) is 20.9 Å². The highest BCUT2D eigenvalue weighted by atomic mass is 32.1. The molecule has 39 heavy (non-hydrogen) atoms. The fraction of sp³-hybridized carbons (Fsp3) is 0.438. The standard InChI is InChI=1S/C17H23NO4.C15H17NS/c1-17(2,16(20)21-3)22-15-8-4-7-14(10-15)18-9-5-6-13(11-18)12-19;1-16(14-8-9-14)11-12-4-6-13(7-5-12)15-3-2-10-17-15/h4,7-8,10,12-13H,5-6,9,11H2,1-3H3;2-7,10,14H,8-9,11H2,1H3. The van der Waals surface area contributed by atoms with E-state index >= 15 is 0 Å². The Bertz CT molecular complexity index is 1210. The lowest BCUT2D eigenvalue weighted by atomic mass is 9.99. The van der Waals surface area contributed by atoms with E-state index in [-0.39, 0.29) is 5.92 Å². The van der Waals surface area contributed by atoms with Crippen LogP contribution in [0.2, 0.25) is 0 Å². The van der Waals surface area contributed by atoms with Crippen molar-refractivity contribution < 1.29 is 19.1 Å². The van der Waals surface area contributed by atoms with Crippen LogP contribution in [0.15, 0.2) is 66.0 Å². The van der Waals surface area contributed by atoms with Gasteiger partial charge in [-0.15, -0.1) is 11.3 Å². The molecule has 0 N–H and O–H groups in total. The van der Waals surface area contributed by atoms with Crippen molar-refractivity contribution >= 4 is 29.3 Å². The first-order valence-corrected chi connectivity index (χ1v) is 14.6. The number of hydrogen-bond donors (Lipinski definition) is 0. The maximum atomic E-state index is 11.7. The number of rotatable bonds is 9. The van der Waals surface area contributed by atoms with Crippen LogP contribution in [0.5, 0.6) is 5.75 Å². The molecule has 1 aromatic heterocycles. The Morgan fingerprint density at radius 3 is 2.51 bits per heavy atom. The van der Waals surface area contributed by atoms with E-state index in [0.29, 0.717) is 5.75 Å². The van der Waals surface area contributed by atoms with Crippen molar-refractivity contribution in [2.45, 2.75) is 57.7 Å². The lowest BCUT2D eigenvalue weighted by molar-refractivity contribution is -0.156. The van der Waals surface area contributed by atoms with Crippen LogP contribution in [0.3, 0.4) is 0 Å². The number of anilines is 1. The van der Waals surface area contributed by atoms with Gasteiger partial charge in [-0.3, -0.25) is 4.90 Å². The van der Waals surface area contributed by atoms with Gasteiger partial charge in [0.15, 0.2) is 5.60 Å². The van der Waals surface area contributed by atoms with Gasteiger partial charge in [0.25, 0.3) is 0 Å². The van der Waals surface area contributed by atoms with Crippen LogP contribution in [0.25, 0.3) is 10.4 Å². The molecule has 2 fully saturated rings. The van der Waals surface area contributed by atoms with E-state index in [1.165, 1.54) is 36.0 Å². The first kappa shape index (κ1) is 28.8. The Balaban J connectivity index is 0.000000186. The number of nitrogens with zero attached hydrogens (tertiary/aromatic N) is 2. The molecule has 3 aromatic rings. The van der Waals surface area contributed by atoms with Crippen molar-refractivity contribution in [2.75, 3.05) is 32.1 Å². The second-order valence-corrected chi connectivity index (χ2v) is 11.9. The average molecular weight is 549 g/mol. The predicted octanol–water partition coefficient (Wildman–Crippen LogP) is 6.44. The third-order valence-corrected chi connectivity index (χ3v) is 8.16. The lowest BCUT2D eigenvalue weighted by Crippen LogP contribution is -2.39. The quantitative estimate of drug-likeness (QED) is 0.227. The SMILES string of the molecule is CN(Cc1ccc(-c2cccs2)cc1)C1CC1.COC(=O)C(C)(C)Oc1cccc(N2CCCC(C=O)C2)c1. The smallest absolute Gasteiger partial charge is 0.349 e. The summed E-state index contributed by atoms with van der Waals surface area (Å²) in [7, 11) is 3.57. The van der Waals surface area contributed by atoms with Crippen molar-refractivity contribution in [3.63, 3.8) is 0 Å². The van der Waals surface area contributed by atoms with Gasteiger partial charge in [-0.1, -0.05) is 36.4 Å². The molecule has 2 aliphatic rings. The summed E-state index contributed by atoms with van der Waals surface area (Å²) in [6, 6.07) is 21.7. The number of benzene rings is 2. The molecule has 0 spiro atoms. The van der Waals surface area contributed by atoms with Crippen molar-refractivity contribution in [1.29, 1.82) is 0 Å². The van der Waals surface area contributed by atoms with Crippen LogP contribution in [0.1, 0.15) is 45.1 Å². The molecule has 7 heteroatoms. The third kappa shape index (κ3) is 8.16. The van der Waals surface area contributed by atoms with Crippen LogP contribution >= 0.6 is 11.3 Å². The Morgan fingerprint density at radius 2 is 1.87 bits per heavy atom. The minimum Gasteiger partial charge on any atom is -0.476 e. The number of piperidine rings is 1. The zero-order valence-corrected chi connectivity index (χ0v) is 24.3. The summed E-state index contributed by atoms with van der Waals surface area (Å²) in [6.07, 6.45) is 5.74. The molecule has 5 rings (SSSR count). The Morgan fingerprint density at radius 1 is 1.10 bits per heavy atom. The molecule has 1 aliphatic heterocycles. The van der Waals surface area contributed by atoms with Gasteiger partial charge >= 0.3 is 5.97 Å². The van der Waals surface area contributed by atoms with Crippen molar-refractivity contribution in [3.8, 4) is 16.2 Å². The van der Waals surface area contributed by atoms with E-state index in [1.54, 1.807) is 25.2 Å². The van der Waals surface area contributed by atoms with E-state index in [1.807, 2.05) is 24.3 Å². The van der Waals surface area contributed by atoms with Crippen molar-refractivity contribution in [1.82, 2.24) is 4.90 Å². The summed E-state index contributed by atoms with van der Waals surface area (Å²) in [5.41, 5.74) is 2.71. The number of thiophene rings is 1. The molecule has 6 nitrogen and oxygen atoms in total. The summed E-state index contributed by atoms with van der Waals surface area (Å²) in [6.45, 7) is 6.08. The second-order valence-electron chi connectivity index (χ2n) is 10.9. The number of carbonyl (C=O) groups excluding carboxylic acids is 2. The fourth-order valence-corrected chi connectivity index (χ4v) is 5.56. The van der Waals surface area contributed by atoms with Gasteiger partial charge in [-0.25, -0.2) is 4.79 Å². The maximum Gasteiger partial charge on any atom is 0.349 e. The van der Waals surface area contributed by atoms with E-state index in [2.05, 4.69) is 58.6 Å². The summed E-state index contributed by atoms with van der Waals surface area (Å²) < 4.78 is 10.5. The lowest BCUT2D eigenvalue weighted by Gasteiger charge is -2.32. The molecule has 1 saturated carbocycles. The molecule has 208 valence electrons. The number of aldehydes is 1. The molecular formula is C32H40N2O4S. The average Bonchev–Trinajstić information content (AvgIpc) is 3.67. The third-order valence-electron chi connectivity index (χ3n) is 7.24. The maximum absolute atomic E-state index is 11.7. The largest absolute Gasteiger partial charge is 0.476 e. The molecule has 0 radical (unpaired) electrons. The van der Waals surface area contributed by atoms with Crippen LogP contribution in [-0.4, -0.2) is 56.0 Å². The molecule has 1 atom stereocenters. The topological polar surface area (TPSA) is 59.1 Å². The van der Waals surface area contributed by atoms with E-state index in [0.717, 1.165) is 50.5 Å². The van der Waals surface area contributed by atoms with Gasteiger partial charge in [0, 0.05) is 48.2 Å². The van der Waals surface area contributed by atoms with Gasteiger partial charge in [0.1, 0.15) is 12.0 Å².